The fraction of sp³-hybridized carbons (Fsp3) is 0.562. The van der Waals surface area contributed by atoms with Crippen molar-refractivity contribution in [2.75, 3.05) is 27.2 Å². The van der Waals surface area contributed by atoms with Gasteiger partial charge < -0.3 is 4.90 Å². The molecule has 2 rings (SSSR count). The van der Waals surface area contributed by atoms with Gasteiger partial charge in [-0.05, 0) is 52.9 Å². The fourth-order valence-electron chi connectivity index (χ4n) is 2.87. The number of carbonyl (C=O) groups is 1. The molecule has 1 saturated heterocycles. The van der Waals surface area contributed by atoms with Crippen LogP contribution in [0.4, 0.5) is 0 Å². The molecule has 0 saturated carbocycles. The number of nitrogens with zero attached hydrogens (tertiary/aromatic N) is 2. The van der Waals surface area contributed by atoms with Gasteiger partial charge >= 0.3 is 0 Å². The third-order valence-corrected chi connectivity index (χ3v) is 7.02. The summed E-state index contributed by atoms with van der Waals surface area (Å²) in [6.45, 7) is 3.66. The number of halogens is 1. The molecule has 1 amide bonds. The van der Waals surface area contributed by atoms with Crippen molar-refractivity contribution < 1.29 is 13.2 Å². The van der Waals surface area contributed by atoms with E-state index in [0.717, 1.165) is 36.7 Å². The summed E-state index contributed by atoms with van der Waals surface area (Å²) in [5, 5.41) is 0. The summed E-state index contributed by atoms with van der Waals surface area (Å²) in [6.07, 6.45) is 3.28. The van der Waals surface area contributed by atoms with E-state index in [-0.39, 0.29) is 10.8 Å². The van der Waals surface area contributed by atoms with Crippen molar-refractivity contribution in [2.24, 2.45) is 5.92 Å². The van der Waals surface area contributed by atoms with Crippen LogP contribution < -0.4 is 0 Å². The van der Waals surface area contributed by atoms with E-state index in [4.69, 9.17) is 0 Å². The topological polar surface area (TPSA) is 57.7 Å². The minimum Gasteiger partial charge on any atom is -0.338 e. The fourth-order valence-corrected chi connectivity index (χ4v) is 4.72. The first-order valence-electron chi connectivity index (χ1n) is 7.78. The van der Waals surface area contributed by atoms with Gasteiger partial charge in [0.2, 0.25) is 10.0 Å². The molecule has 5 nitrogen and oxygen atoms in total. The SMILES string of the molecule is CCC[C@@H]1CCN(C(=O)c2ccc(Br)c(S(=O)(=O)N(C)C)c2)C1. The summed E-state index contributed by atoms with van der Waals surface area (Å²) in [6, 6.07) is 4.77. The van der Waals surface area contributed by atoms with E-state index >= 15 is 0 Å². The summed E-state index contributed by atoms with van der Waals surface area (Å²) < 4.78 is 26.3. The van der Waals surface area contributed by atoms with Crippen LogP contribution in [-0.2, 0) is 10.0 Å². The molecule has 0 bridgehead atoms. The van der Waals surface area contributed by atoms with Crippen LogP contribution in [-0.4, -0.2) is 50.7 Å². The second-order valence-corrected chi connectivity index (χ2v) is 9.10. The van der Waals surface area contributed by atoms with Gasteiger partial charge in [0.05, 0.1) is 4.90 Å². The minimum atomic E-state index is -3.59. The van der Waals surface area contributed by atoms with Crippen LogP contribution in [0.25, 0.3) is 0 Å². The van der Waals surface area contributed by atoms with Crippen molar-refractivity contribution in [2.45, 2.75) is 31.1 Å². The zero-order valence-corrected chi connectivity index (χ0v) is 16.2. The molecular weight excluding hydrogens is 380 g/mol. The number of carbonyl (C=O) groups excluding carboxylic acids is 1. The Bertz CT molecular complexity index is 689. The molecule has 0 aromatic heterocycles. The Hall–Kier alpha value is -0.920. The lowest BCUT2D eigenvalue weighted by molar-refractivity contribution is 0.0786. The molecule has 1 heterocycles. The Kier molecular flexibility index (Phi) is 5.86. The predicted octanol–water partition coefficient (Wildman–Crippen LogP) is 2.96. The van der Waals surface area contributed by atoms with E-state index < -0.39 is 10.0 Å². The lowest BCUT2D eigenvalue weighted by Gasteiger charge is -2.18. The Morgan fingerprint density at radius 2 is 2.09 bits per heavy atom. The lowest BCUT2D eigenvalue weighted by Crippen LogP contribution is -2.29. The Morgan fingerprint density at radius 1 is 1.39 bits per heavy atom. The zero-order chi connectivity index (χ0) is 17.2. The standard InChI is InChI=1S/C16H23BrN2O3S/c1-4-5-12-8-9-19(11-12)16(20)13-6-7-14(17)15(10-13)23(21,22)18(2)3/h6-7,10,12H,4-5,8-9,11H2,1-3H3/t12-/m1/s1. The van der Waals surface area contributed by atoms with E-state index in [9.17, 15) is 13.2 Å². The molecule has 0 aliphatic carbocycles. The van der Waals surface area contributed by atoms with Crippen LogP contribution in [0, 0.1) is 5.92 Å². The highest BCUT2D eigenvalue weighted by atomic mass is 79.9. The second-order valence-electron chi connectivity index (χ2n) is 6.13. The van der Waals surface area contributed by atoms with Crippen molar-refractivity contribution in [3.05, 3.63) is 28.2 Å². The second kappa shape index (κ2) is 7.32. The van der Waals surface area contributed by atoms with Gasteiger partial charge in [0.25, 0.3) is 5.91 Å². The molecule has 1 aliphatic heterocycles. The Balaban J connectivity index is 2.26. The van der Waals surface area contributed by atoms with E-state index in [1.807, 2.05) is 4.90 Å². The maximum atomic E-state index is 12.7. The molecule has 0 radical (unpaired) electrons. The van der Waals surface area contributed by atoms with Crippen LogP contribution in [0.1, 0.15) is 36.5 Å². The third-order valence-electron chi connectivity index (χ3n) is 4.21. The average Bonchev–Trinajstić information content (AvgIpc) is 2.95. The number of hydrogen-bond acceptors (Lipinski definition) is 3. The molecule has 1 atom stereocenters. The first kappa shape index (κ1) is 18.4. The summed E-state index contributed by atoms with van der Waals surface area (Å²) >= 11 is 3.27. The van der Waals surface area contributed by atoms with Gasteiger partial charge in [-0.3, -0.25) is 4.79 Å². The maximum Gasteiger partial charge on any atom is 0.253 e. The van der Waals surface area contributed by atoms with E-state index in [1.165, 1.54) is 20.2 Å². The molecule has 1 aliphatic rings. The monoisotopic (exact) mass is 402 g/mol. The van der Waals surface area contributed by atoms with Crippen LogP contribution in [0.5, 0.6) is 0 Å². The molecule has 1 aromatic rings. The van der Waals surface area contributed by atoms with Gasteiger partial charge in [-0.2, -0.15) is 0 Å². The molecule has 1 aromatic carbocycles. The van der Waals surface area contributed by atoms with Gasteiger partial charge in [-0.15, -0.1) is 0 Å². The number of rotatable bonds is 5. The molecule has 7 heteroatoms. The number of benzene rings is 1. The zero-order valence-electron chi connectivity index (χ0n) is 13.8. The van der Waals surface area contributed by atoms with Crippen LogP contribution in [0.15, 0.2) is 27.6 Å². The van der Waals surface area contributed by atoms with E-state index in [1.54, 1.807) is 12.1 Å². The summed E-state index contributed by atoms with van der Waals surface area (Å²) in [7, 11) is -0.634. The first-order chi connectivity index (χ1) is 10.8. The van der Waals surface area contributed by atoms with Gasteiger partial charge in [-0.25, -0.2) is 12.7 Å². The van der Waals surface area contributed by atoms with Gasteiger partial charge in [-0.1, -0.05) is 13.3 Å². The van der Waals surface area contributed by atoms with E-state index in [2.05, 4.69) is 22.9 Å². The lowest BCUT2D eigenvalue weighted by atomic mass is 10.0. The summed E-state index contributed by atoms with van der Waals surface area (Å²) in [5.74, 6) is 0.468. The normalized spacial score (nSPS) is 18.7. The van der Waals surface area contributed by atoms with Crippen molar-refractivity contribution in [1.29, 1.82) is 0 Å². The van der Waals surface area contributed by atoms with Crippen LogP contribution >= 0.6 is 15.9 Å². The first-order valence-corrected chi connectivity index (χ1v) is 10.0. The van der Waals surface area contributed by atoms with Crippen molar-refractivity contribution in [1.82, 2.24) is 9.21 Å². The van der Waals surface area contributed by atoms with Gasteiger partial charge in [0.15, 0.2) is 0 Å². The quantitative estimate of drug-likeness (QED) is 0.760. The number of hydrogen-bond donors (Lipinski definition) is 0. The maximum absolute atomic E-state index is 12.7. The molecule has 0 N–H and O–H groups in total. The molecule has 1 fully saturated rings. The minimum absolute atomic E-state index is 0.0914. The predicted molar refractivity (Wildman–Crippen MR) is 93.9 cm³/mol. The molecular formula is C16H23BrN2O3S. The van der Waals surface area contributed by atoms with Crippen molar-refractivity contribution in [3.63, 3.8) is 0 Å². The summed E-state index contributed by atoms with van der Waals surface area (Å²) in [4.78, 5) is 14.6. The number of sulfonamides is 1. The molecule has 23 heavy (non-hydrogen) atoms. The molecule has 0 spiro atoms. The highest BCUT2D eigenvalue weighted by Crippen LogP contribution is 2.27. The number of likely N-dealkylation sites (tertiary alicyclic amines) is 1. The van der Waals surface area contributed by atoms with Crippen LogP contribution in [0.2, 0.25) is 0 Å². The highest BCUT2D eigenvalue weighted by Gasteiger charge is 2.28. The molecule has 0 unspecified atom stereocenters. The highest BCUT2D eigenvalue weighted by molar-refractivity contribution is 9.10. The number of amides is 1. The molecule has 128 valence electrons. The average molecular weight is 403 g/mol. The van der Waals surface area contributed by atoms with Gasteiger partial charge in [0.1, 0.15) is 0 Å². The Morgan fingerprint density at radius 3 is 2.70 bits per heavy atom. The van der Waals surface area contributed by atoms with Crippen molar-refractivity contribution in [3.8, 4) is 0 Å². The largest absolute Gasteiger partial charge is 0.338 e. The van der Waals surface area contributed by atoms with E-state index in [0.29, 0.717) is 16.0 Å². The van der Waals surface area contributed by atoms with Crippen molar-refractivity contribution >= 4 is 31.9 Å². The smallest absolute Gasteiger partial charge is 0.253 e. The third kappa shape index (κ3) is 3.95. The Labute approximate surface area is 146 Å². The summed E-state index contributed by atoms with van der Waals surface area (Å²) in [5.41, 5.74) is 0.422. The van der Waals surface area contributed by atoms with Crippen LogP contribution in [0.3, 0.4) is 0 Å². The van der Waals surface area contributed by atoms with Gasteiger partial charge in [0, 0.05) is 37.2 Å².